The number of nitrogen functional groups attached to an aromatic ring is 1. The number of para-hydroxylation sites is 1. The number of nitrogens with zero attached hydrogens (tertiary/aromatic N) is 1. The highest BCUT2D eigenvalue weighted by atomic mass is 16.2. The third-order valence-corrected chi connectivity index (χ3v) is 4.90. The number of H-pyrrole nitrogens is 1. The van der Waals surface area contributed by atoms with Gasteiger partial charge in [0.2, 0.25) is 0 Å². The third kappa shape index (κ3) is 2.26. The van der Waals surface area contributed by atoms with Crippen molar-refractivity contribution in [3.8, 4) is 16.9 Å². The number of carbonyl (C=O) groups is 2. The second kappa shape index (κ2) is 5.68. The second-order valence-corrected chi connectivity index (χ2v) is 6.60. The van der Waals surface area contributed by atoms with Gasteiger partial charge in [-0.3, -0.25) is 24.3 Å². The molecule has 136 valence electrons. The van der Waals surface area contributed by atoms with Gasteiger partial charge in [-0.15, -0.1) is 0 Å². The van der Waals surface area contributed by atoms with Gasteiger partial charge >= 0.3 is 0 Å². The Bertz CT molecular complexity index is 1330. The van der Waals surface area contributed by atoms with Crippen LogP contribution in [0.4, 0.5) is 5.82 Å². The highest BCUT2D eigenvalue weighted by Gasteiger charge is 2.31. The predicted octanol–water partition coefficient (Wildman–Crippen LogP) is 2.45. The first-order valence-electron chi connectivity index (χ1n) is 8.63. The van der Waals surface area contributed by atoms with Crippen LogP contribution >= 0.6 is 0 Å². The Morgan fingerprint density at radius 3 is 2.50 bits per heavy atom. The summed E-state index contributed by atoms with van der Waals surface area (Å²) in [5.74, 6) is -1.26. The van der Waals surface area contributed by atoms with Crippen molar-refractivity contribution in [2.24, 2.45) is 0 Å². The van der Waals surface area contributed by atoms with E-state index in [2.05, 4.69) is 10.3 Å². The fourth-order valence-corrected chi connectivity index (χ4v) is 3.59. The number of benzene rings is 2. The van der Waals surface area contributed by atoms with Gasteiger partial charge in [0.05, 0.1) is 16.8 Å². The van der Waals surface area contributed by atoms with Crippen molar-refractivity contribution in [3.63, 3.8) is 0 Å². The smallest absolute Gasteiger partial charge is 0.262 e. The second-order valence-electron chi connectivity index (χ2n) is 6.60. The molecule has 0 unspecified atom stereocenters. The van der Waals surface area contributed by atoms with Crippen LogP contribution in [0.5, 0.6) is 0 Å². The molecule has 7 nitrogen and oxygen atoms in total. The summed E-state index contributed by atoms with van der Waals surface area (Å²) < 4.78 is 1.24. The summed E-state index contributed by atoms with van der Waals surface area (Å²) in [5.41, 5.74) is 8.94. The standard InChI is InChI=1S/C21H14N4O3/c22-19-18-14(20(27)24-21(18)28)10-17(26)25(19)13-6-3-5-11(8-13)16-9-12-4-1-2-7-15(12)23-16/h1-10,23H,22H2,(H,24,27,28). The summed E-state index contributed by atoms with van der Waals surface area (Å²) in [6, 6.07) is 18.3. The summed E-state index contributed by atoms with van der Waals surface area (Å²) >= 11 is 0. The lowest BCUT2D eigenvalue weighted by molar-refractivity contribution is 0.0880. The molecule has 7 heteroatoms. The Morgan fingerprint density at radius 1 is 0.857 bits per heavy atom. The van der Waals surface area contributed by atoms with Gasteiger partial charge in [-0.25, -0.2) is 0 Å². The molecule has 1 aliphatic heterocycles. The Kier molecular flexibility index (Phi) is 3.26. The number of amides is 2. The monoisotopic (exact) mass is 370 g/mol. The molecule has 1 aliphatic rings. The van der Waals surface area contributed by atoms with Gasteiger partial charge in [0.25, 0.3) is 17.4 Å². The van der Waals surface area contributed by atoms with Gasteiger partial charge in [-0.2, -0.15) is 0 Å². The number of aromatic amines is 1. The highest BCUT2D eigenvalue weighted by molar-refractivity contribution is 6.23. The van der Waals surface area contributed by atoms with Crippen molar-refractivity contribution >= 4 is 28.5 Å². The largest absolute Gasteiger partial charge is 0.384 e. The maximum atomic E-state index is 12.6. The molecule has 3 heterocycles. The summed E-state index contributed by atoms with van der Waals surface area (Å²) in [7, 11) is 0. The zero-order chi connectivity index (χ0) is 19.4. The van der Waals surface area contributed by atoms with Crippen LogP contribution in [0, 0.1) is 0 Å². The summed E-state index contributed by atoms with van der Waals surface area (Å²) in [4.78, 5) is 39.8. The number of imide groups is 1. The summed E-state index contributed by atoms with van der Waals surface area (Å²) in [5, 5.41) is 3.24. The van der Waals surface area contributed by atoms with Crippen LogP contribution in [-0.4, -0.2) is 21.4 Å². The lowest BCUT2D eigenvalue weighted by atomic mass is 10.1. The van der Waals surface area contributed by atoms with E-state index in [1.807, 2.05) is 42.5 Å². The van der Waals surface area contributed by atoms with Crippen molar-refractivity contribution in [1.82, 2.24) is 14.9 Å². The Labute approximate surface area is 158 Å². The Hall–Kier alpha value is -4.13. The molecule has 0 saturated carbocycles. The fraction of sp³-hybridized carbons (Fsp3) is 0. The molecule has 4 aromatic rings. The number of aromatic nitrogens is 2. The molecule has 5 rings (SSSR count). The molecular weight excluding hydrogens is 356 g/mol. The summed E-state index contributed by atoms with van der Waals surface area (Å²) in [6.45, 7) is 0. The number of rotatable bonds is 2. The van der Waals surface area contributed by atoms with Crippen LogP contribution in [0.1, 0.15) is 20.7 Å². The van der Waals surface area contributed by atoms with E-state index in [0.717, 1.165) is 28.2 Å². The van der Waals surface area contributed by atoms with Crippen LogP contribution in [0.2, 0.25) is 0 Å². The molecule has 4 N–H and O–H groups in total. The fourth-order valence-electron chi connectivity index (χ4n) is 3.59. The van der Waals surface area contributed by atoms with Crippen LogP contribution in [0.15, 0.2) is 65.5 Å². The molecule has 0 atom stereocenters. The minimum Gasteiger partial charge on any atom is -0.384 e. The van der Waals surface area contributed by atoms with Crippen molar-refractivity contribution in [2.45, 2.75) is 0 Å². The minimum absolute atomic E-state index is 0.00974. The highest BCUT2D eigenvalue weighted by Crippen LogP contribution is 2.27. The molecule has 2 aromatic carbocycles. The number of hydrogen-bond donors (Lipinski definition) is 3. The average Bonchev–Trinajstić information content (AvgIpc) is 3.23. The first-order chi connectivity index (χ1) is 13.5. The molecule has 0 radical (unpaired) electrons. The van der Waals surface area contributed by atoms with Gasteiger partial charge in [0.1, 0.15) is 5.82 Å². The zero-order valence-corrected chi connectivity index (χ0v) is 14.5. The zero-order valence-electron chi connectivity index (χ0n) is 14.5. The molecule has 0 bridgehead atoms. The van der Waals surface area contributed by atoms with E-state index in [9.17, 15) is 14.4 Å². The number of pyridine rings is 1. The van der Waals surface area contributed by atoms with E-state index in [1.165, 1.54) is 4.57 Å². The lowest BCUT2D eigenvalue weighted by Crippen LogP contribution is -2.24. The van der Waals surface area contributed by atoms with Crippen molar-refractivity contribution in [1.29, 1.82) is 0 Å². The Morgan fingerprint density at radius 2 is 1.68 bits per heavy atom. The van der Waals surface area contributed by atoms with E-state index in [0.29, 0.717) is 5.69 Å². The number of nitrogens with one attached hydrogen (secondary N) is 2. The van der Waals surface area contributed by atoms with E-state index in [4.69, 9.17) is 5.73 Å². The normalized spacial score (nSPS) is 13.0. The van der Waals surface area contributed by atoms with Crippen molar-refractivity contribution in [2.75, 3.05) is 5.73 Å². The number of anilines is 1. The van der Waals surface area contributed by atoms with Gasteiger partial charge in [-0.1, -0.05) is 30.3 Å². The maximum absolute atomic E-state index is 12.6. The molecule has 0 aliphatic carbocycles. The third-order valence-electron chi connectivity index (χ3n) is 4.90. The molecule has 2 amide bonds. The first kappa shape index (κ1) is 16.1. The molecule has 0 fully saturated rings. The number of carbonyl (C=O) groups excluding carboxylic acids is 2. The van der Waals surface area contributed by atoms with Gasteiger partial charge < -0.3 is 10.7 Å². The molecular formula is C21H14N4O3. The minimum atomic E-state index is -0.609. The van der Waals surface area contributed by atoms with E-state index < -0.39 is 17.4 Å². The number of hydrogen-bond acceptors (Lipinski definition) is 4. The number of nitrogens with two attached hydrogens (primary N) is 1. The van der Waals surface area contributed by atoms with E-state index >= 15 is 0 Å². The first-order valence-corrected chi connectivity index (χ1v) is 8.63. The molecule has 0 spiro atoms. The molecule has 0 saturated heterocycles. The lowest BCUT2D eigenvalue weighted by Gasteiger charge is -2.12. The maximum Gasteiger partial charge on any atom is 0.262 e. The topological polar surface area (TPSA) is 110 Å². The van der Waals surface area contributed by atoms with E-state index in [-0.39, 0.29) is 16.9 Å². The quantitative estimate of drug-likeness (QED) is 0.471. The van der Waals surface area contributed by atoms with Gasteiger partial charge in [-0.05, 0) is 24.3 Å². The van der Waals surface area contributed by atoms with Crippen LogP contribution in [0.25, 0.3) is 27.8 Å². The Balaban J connectivity index is 1.69. The number of fused-ring (bicyclic) bond motifs is 2. The summed E-state index contributed by atoms with van der Waals surface area (Å²) in [6.07, 6.45) is 0. The van der Waals surface area contributed by atoms with Crippen molar-refractivity contribution in [3.05, 3.63) is 82.1 Å². The average molecular weight is 370 g/mol. The molecule has 28 heavy (non-hydrogen) atoms. The van der Waals surface area contributed by atoms with E-state index in [1.54, 1.807) is 12.1 Å². The van der Waals surface area contributed by atoms with Gasteiger partial charge in [0.15, 0.2) is 0 Å². The predicted molar refractivity (Wildman–Crippen MR) is 106 cm³/mol. The van der Waals surface area contributed by atoms with Gasteiger partial charge in [0, 0.05) is 28.2 Å². The SMILES string of the molecule is Nc1c2c(cc(=O)n1-c1cccc(-c3cc4ccccc4[nH]3)c1)C(=O)NC2=O. The van der Waals surface area contributed by atoms with Crippen LogP contribution < -0.4 is 16.6 Å². The van der Waals surface area contributed by atoms with Crippen molar-refractivity contribution < 1.29 is 9.59 Å². The molecule has 2 aromatic heterocycles. The van der Waals surface area contributed by atoms with Crippen LogP contribution in [-0.2, 0) is 0 Å². The van der Waals surface area contributed by atoms with Crippen LogP contribution in [0.3, 0.4) is 0 Å².